The number of anilines is 1. The first-order chi connectivity index (χ1) is 12.1. The van der Waals surface area contributed by atoms with Gasteiger partial charge in [-0.2, -0.15) is 0 Å². The Morgan fingerprint density at radius 2 is 1.96 bits per heavy atom. The minimum absolute atomic E-state index is 0.0263. The number of aromatic nitrogens is 1. The van der Waals surface area contributed by atoms with Crippen LogP contribution in [-0.4, -0.2) is 15.8 Å². The molecule has 3 aromatic rings. The van der Waals surface area contributed by atoms with E-state index in [1.54, 1.807) is 17.5 Å². The van der Waals surface area contributed by atoms with Gasteiger partial charge < -0.3 is 10.2 Å². The molecule has 4 rings (SSSR count). The Labute approximate surface area is 151 Å². The predicted molar refractivity (Wildman–Crippen MR) is 101 cm³/mol. The molecule has 1 amide bonds. The highest BCUT2D eigenvalue weighted by molar-refractivity contribution is 7.09. The third-order valence-electron chi connectivity index (χ3n) is 4.33. The van der Waals surface area contributed by atoms with Crippen LogP contribution in [0.3, 0.4) is 0 Å². The zero-order valence-electron chi connectivity index (χ0n) is 14.2. The summed E-state index contributed by atoms with van der Waals surface area (Å²) in [6.45, 7) is 4.73. The summed E-state index contributed by atoms with van der Waals surface area (Å²) in [5.41, 5.74) is 4.87. The summed E-state index contributed by atoms with van der Waals surface area (Å²) in [6.07, 6.45) is 1.49. The average molecular weight is 349 g/mol. The van der Waals surface area contributed by atoms with Gasteiger partial charge in [-0.1, -0.05) is 12.1 Å². The van der Waals surface area contributed by atoms with Gasteiger partial charge >= 0.3 is 0 Å². The van der Waals surface area contributed by atoms with Crippen LogP contribution in [0, 0.1) is 13.8 Å². The standard InChI is InChI=1S/C20H19N3OS/c1-13-9-14(2)11-15(10-13)22-19-18-17(6-3-7-21-18)20(24)23(19)12-16-5-4-8-25-16/h3-11,19,22H,12H2,1-2H3. The number of carbonyl (C=O) groups excluding carboxylic acids is 1. The number of carbonyl (C=O) groups is 1. The zero-order chi connectivity index (χ0) is 17.4. The van der Waals surface area contributed by atoms with Crippen molar-refractivity contribution < 1.29 is 4.79 Å². The van der Waals surface area contributed by atoms with Crippen molar-refractivity contribution in [1.29, 1.82) is 0 Å². The highest BCUT2D eigenvalue weighted by atomic mass is 32.1. The van der Waals surface area contributed by atoms with E-state index in [9.17, 15) is 4.79 Å². The molecule has 25 heavy (non-hydrogen) atoms. The lowest BCUT2D eigenvalue weighted by Crippen LogP contribution is -2.31. The van der Waals surface area contributed by atoms with Crippen LogP contribution in [0.4, 0.5) is 5.69 Å². The number of amides is 1. The van der Waals surface area contributed by atoms with Crippen molar-refractivity contribution in [2.24, 2.45) is 0 Å². The Morgan fingerprint density at radius 1 is 1.16 bits per heavy atom. The Balaban J connectivity index is 1.71. The number of pyridine rings is 1. The van der Waals surface area contributed by atoms with Gasteiger partial charge in [-0.25, -0.2) is 0 Å². The van der Waals surface area contributed by atoms with Crippen LogP contribution in [-0.2, 0) is 6.54 Å². The lowest BCUT2D eigenvalue weighted by atomic mass is 10.1. The Kier molecular flexibility index (Phi) is 4.01. The molecule has 1 aromatic carbocycles. The molecular weight excluding hydrogens is 330 g/mol. The van der Waals surface area contributed by atoms with E-state index in [1.165, 1.54) is 11.1 Å². The van der Waals surface area contributed by atoms with Crippen LogP contribution in [0.2, 0.25) is 0 Å². The molecule has 0 saturated heterocycles. The van der Waals surface area contributed by atoms with Crippen LogP contribution in [0.25, 0.3) is 0 Å². The molecule has 1 atom stereocenters. The van der Waals surface area contributed by atoms with Gasteiger partial charge in [0, 0.05) is 16.8 Å². The number of hydrogen-bond donors (Lipinski definition) is 1. The maximum Gasteiger partial charge on any atom is 0.258 e. The number of nitrogens with zero attached hydrogens (tertiary/aromatic N) is 2. The minimum Gasteiger partial charge on any atom is -0.360 e. The van der Waals surface area contributed by atoms with Gasteiger partial charge in [0.1, 0.15) is 6.17 Å². The van der Waals surface area contributed by atoms with Crippen molar-refractivity contribution in [1.82, 2.24) is 9.88 Å². The quantitative estimate of drug-likeness (QED) is 0.753. The molecule has 0 spiro atoms. The number of nitrogens with one attached hydrogen (secondary N) is 1. The highest BCUT2D eigenvalue weighted by Gasteiger charge is 2.38. The molecule has 1 N–H and O–H groups in total. The summed E-state index contributed by atoms with van der Waals surface area (Å²) >= 11 is 1.66. The van der Waals surface area contributed by atoms with Gasteiger partial charge in [-0.15, -0.1) is 11.3 Å². The van der Waals surface area contributed by atoms with Gasteiger partial charge in [-0.05, 0) is 60.7 Å². The summed E-state index contributed by atoms with van der Waals surface area (Å²) in [4.78, 5) is 20.4. The molecule has 0 fully saturated rings. The van der Waals surface area contributed by atoms with Crippen molar-refractivity contribution in [3.63, 3.8) is 0 Å². The first kappa shape index (κ1) is 15.8. The summed E-state index contributed by atoms with van der Waals surface area (Å²) in [7, 11) is 0. The second kappa shape index (κ2) is 6.33. The fourth-order valence-corrected chi connectivity index (χ4v) is 4.03. The number of aryl methyl sites for hydroxylation is 2. The predicted octanol–water partition coefficient (Wildman–Crippen LogP) is 4.53. The molecule has 0 aliphatic carbocycles. The molecule has 1 aliphatic heterocycles. The molecule has 3 heterocycles. The fourth-order valence-electron chi connectivity index (χ4n) is 3.33. The van der Waals surface area contributed by atoms with Gasteiger partial charge in [0.15, 0.2) is 0 Å². The lowest BCUT2D eigenvalue weighted by molar-refractivity contribution is 0.0729. The first-order valence-corrected chi connectivity index (χ1v) is 9.13. The van der Waals surface area contributed by atoms with Crippen molar-refractivity contribution in [3.05, 3.63) is 81.3 Å². The Hall–Kier alpha value is -2.66. The molecular formula is C20H19N3OS. The van der Waals surface area contributed by atoms with Crippen LogP contribution in [0.1, 0.15) is 38.2 Å². The molecule has 0 bridgehead atoms. The normalized spacial score (nSPS) is 16.2. The molecule has 126 valence electrons. The van der Waals surface area contributed by atoms with Crippen molar-refractivity contribution in [2.75, 3.05) is 5.32 Å². The van der Waals surface area contributed by atoms with Gasteiger partial charge in [-0.3, -0.25) is 9.78 Å². The number of fused-ring (bicyclic) bond motifs is 1. The van der Waals surface area contributed by atoms with Gasteiger partial charge in [0.05, 0.1) is 17.8 Å². The van der Waals surface area contributed by atoms with E-state index in [4.69, 9.17) is 0 Å². The molecule has 1 aliphatic rings. The number of benzene rings is 1. The molecule has 5 heteroatoms. The maximum absolute atomic E-state index is 12.9. The van der Waals surface area contributed by atoms with E-state index in [0.717, 1.165) is 16.3 Å². The summed E-state index contributed by atoms with van der Waals surface area (Å²) in [6, 6.07) is 14.1. The summed E-state index contributed by atoms with van der Waals surface area (Å²) in [5, 5.41) is 5.55. The van der Waals surface area contributed by atoms with E-state index in [1.807, 2.05) is 28.5 Å². The fraction of sp³-hybridized carbons (Fsp3) is 0.200. The number of rotatable bonds is 4. The van der Waals surface area contributed by atoms with Crippen LogP contribution in [0.15, 0.2) is 54.0 Å². The number of hydrogen-bond acceptors (Lipinski definition) is 4. The Morgan fingerprint density at radius 3 is 2.68 bits per heavy atom. The van der Waals surface area contributed by atoms with E-state index in [-0.39, 0.29) is 12.1 Å². The van der Waals surface area contributed by atoms with Gasteiger partial charge in [0.2, 0.25) is 0 Å². The second-order valence-electron chi connectivity index (χ2n) is 6.37. The largest absolute Gasteiger partial charge is 0.360 e. The molecule has 0 saturated carbocycles. The Bertz CT molecular complexity index is 900. The topological polar surface area (TPSA) is 45.2 Å². The monoisotopic (exact) mass is 349 g/mol. The van der Waals surface area contributed by atoms with Gasteiger partial charge in [0.25, 0.3) is 5.91 Å². The van der Waals surface area contributed by atoms with Crippen molar-refractivity contribution >= 4 is 22.9 Å². The maximum atomic E-state index is 12.9. The average Bonchev–Trinajstić information content (AvgIpc) is 3.17. The smallest absolute Gasteiger partial charge is 0.258 e. The third kappa shape index (κ3) is 3.03. The third-order valence-corrected chi connectivity index (χ3v) is 5.19. The zero-order valence-corrected chi connectivity index (χ0v) is 15.0. The molecule has 2 aromatic heterocycles. The van der Waals surface area contributed by atoms with Crippen LogP contribution in [0.5, 0.6) is 0 Å². The first-order valence-electron chi connectivity index (χ1n) is 8.25. The number of thiophene rings is 1. The van der Waals surface area contributed by atoms with Crippen LogP contribution >= 0.6 is 11.3 Å². The van der Waals surface area contributed by atoms with E-state index >= 15 is 0 Å². The summed E-state index contributed by atoms with van der Waals surface area (Å²) in [5.74, 6) is 0.0263. The molecule has 4 nitrogen and oxygen atoms in total. The lowest BCUT2D eigenvalue weighted by Gasteiger charge is -2.26. The SMILES string of the molecule is Cc1cc(C)cc(NC2c3ncccc3C(=O)N2Cc2cccs2)c1. The van der Waals surface area contributed by atoms with E-state index in [0.29, 0.717) is 12.1 Å². The van der Waals surface area contributed by atoms with E-state index in [2.05, 4.69) is 48.4 Å². The van der Waals surface area contributed by atoms with Crippen molar-refractivity contribution in [2.45, 2.75) is 26.6 Å². The minimum atomic E-state index is -0.257. The molecule has 0 radical (unpaired) electrons. The van der Waals surface area contributed by atoms with Crippen molar-refractivity contribution in [3.8, 4) is 0 Å². The van der Waals surface area contributed by atoms with E-state index < -0.39 is 0 Å². The van der Waals surface area contributed by atoms with Crippen LogP contribution < -0.4 is 5.32 Å². The summed E-state index contributed by atoms with van der Waals surface area (Å²) < 4.78 is 0. The second-order valence-corrected chi connectivity index (χ2v) is 7.40. The highest BCUT2D eigenvalue weighted by Crippen LogP contribution is 2.35. The molecule has 1 unspecified atom stereocenters.